The van der Waals surface area contributed by atoms with Crippen LogP contribution in [0.25, 0.3) is 0 Å². The third-order valence-electron chi connectivity index (χ3n) is 5.17. The third-order valence-corrected chi connectivity index (χ3v) is 5.17. The van der Waals surface area contributed by atoms with Crippen LogP contribution >= 0.6 is 0 Å². The number of nitrogens with one attached hydrogen (secondary N) is 1. The lowest BCUT2D eigenvalue weighted by atomic mass is 10.1. The molecule has 1 saturated carbocycles. The van der Waals surface area contributed by atoms with Crippen LogP contribution in [0.4, 0.5) is 4.39 Å². The second-order valence-corrected chi connectivity index (χ2v) is 6.59. The average molecular weight is 341 g/mol. The van der Waals surface area contributed by atoms with Crippen molar-refractivity contribution in [3.05, 3.63) is 53.3 Å². The monoisotopic (exact) mass is 341 g/mol. The van der Waals surface area contributed by atoms with Crippen molar-refractivity contribution in [3.8, 4) is 17.2 Å². The van der Waals surface area contributed by atoms with Crippen LogP contribution < -0.4 is 19.5 Å². The topological polar surface area (TPSA) is 56.8 Å². The molecule has 6 heteroatoms. The molecule has 4 unspecified atom stereocenters. The molecule has 1 aliphatic carbocycles. The first-order valence-corrected chi connectivity index (χ1v) is 8.23. The largest absolute Gasteiger partial charge is 0.497 e. The zero-order valence-electron chi connectivity index (χ0n) is 13.5. The minimum Gasteiger partial charge on any atom is -0.497 e. The molecule has 0 bridgehead atoms. The Bertz CT molecular complexity index is 884. The molecule has 25 heavy (non-hydrogen) atoms. The van der Waals surface area contributed by atoms with Gasteiger partial charge >= 0.3 is 0 Å². The van der Waals surface area contributed by atoms with Crippen molar-refractivity contribution in [2.45, 2.75) is 18.1 Å². The molecule has 1 fully saturated rings. The van der Waals surface area contributed by atoms with Crippen LogP contribution in [0.1, 0.15) is 23.1 Å². The van der Waals surface area contributed by atoms with Crippen molar-refractivity contribution < 1.29 is 23.4 Å². The van der Waals surface area contributed by atoms with Gasteiger partial charge < -0.3 is 19.5 Å². The first-order chi connectivity index (χ1) is 12.2. The summed E-state index contributed by atoms with van der Waals surface area (Å²) < 4.78 is 30.0. The lowest BCUT2D eigenvalue weighted by Crippen LogP contribution is -2.32. The van der Waals surface area contributed by atoms with Crippen LogP contribution in [0.15, 0.2) is 36.4 Å². The van der Waals surface area contributed by atoms with Gasteiger partial charge in [-0.2, -0.15) is 0 Å². The van der Waals surface area contributed by atoms with E-state index in [9.17, 15) is 9.18 Å². The van der Waals surface area contributed by atoms with Crippen molar-refractivity contribution in [1.82, 2.24) is 5.32 Å². The molecule has 2 aromatic rings. The van der Waals surface area contributed by atoms with Crippen molar-refractivity contribution in [3.63, 3.8) is 0 Å². The lowest BCUT2D eigenvalue weighted by Gasteiger charge is -2.13. The molecule has 1 N–H and O–H groups in total. The molecule has 128 valence electrons. The average Bonchev–Trinajstić information content (AvgIpc) is 3.00. The molecule has 5 nitrogen and oxygen atoms in total. The molecular formula is C19H16FNO4. The number of ether oxygens (including phenoxy) is 3. The lowest BCUT2D eigenvalue weighted by molar-refractivity contribution is -0.123. The van der Waals surface area contributed by atoms with Gasteiger partial charge in [0.15, 0.2) is 0 Å². The Hall–Kier alpha value is -2.76. The smallest absolute Gasteiger partial charge is 0.228 e. The summed E-state index contributed by atoms with van der Waals surface area (Å²) in [5.41, 5.74) is 1.73. The second kappa shape index (κ2) is 5.12. The zero-order chi connectivity index (χ0) is 17.1. The summed E-state index contributed by atoms with van der Waals surface area (Å²) in [6.45, 7) is 0.391. The fraction of sp³-hybridized carbons (Fsp3) is 0.316. The maximum atomic E-state index is 13.5. The van der Waals surface area contributed by atoms with Gasteiger partial charge in [0, 0.05) is 23.1 Å². The summed E-state index contributed by atoms with van der Waals surface area (Å²) in [5.74, 6) is 1.42. The van der Waals surface area contributed by atoms with E-state index < -0.39 is 0 Å². The number of carbonyl (C=O) groups excluding carboxylic acids is 1. The van der Waals surface area contributed by atoms with Gasteiger partial charge in [-0.05, 0) is 30.3 Å². The van der Waals surface area contributed by atoms with E-state index >= 15 is 0 Å². The first-order valence-electron chi connectivity index (χ1n) is 8.23. The zero-order valence-corrected chi connectivity index (χ0v) is 13.5. The highest BCUT2D eigenvalue weighted by molar-refractivity contribution is 5.86. The summed E-state index contributed by atoms with van der Waals surface area (Å²) in [5, 5.41) is 3.03. The minimum atomic E-state index is -0.305. The van der Waals surface area contributed by atoms with Crippen molar-refractivity contribution in [1.29, 1.82) is 0 Å². The van der Waals surface area contributed by atoms with E-state index in [4.69, 9.17) is 14.2 Å². The van der Waals surface area contributed by atoms with E-state index in [1.54, 1.807) is 13.2 Å². The molecule has 2 aliphatic heterocycles. The number of hydrogen-bond donors (Lipinski definition) is 1. The molecular weight excluding hydrogens is 325 g/mol. The number of hydrogen-bond acceptors (Lipinski definition) is 4. The molecule has 2 aromatic carbocycles. The van der Waals surface area contributed by atoms with E-state index in [1.165, 1.54) is 12.1 Å². The normalized spacial score (nSPS) is 27.4. The van der Waals surface area contributed by atoms with Gasteiger partial charge in [-0.25, -0.2) is 4.39 Å². The molecule has 3 aliphatic rings. The highest BCUT2D eigenvalue weighted by Gasteiger charge is 2.62. The molecule has 4 atom stereocenters. The summed E-state index contributed by atoms with van der Waals surface area (Å²) in [6, 6.07) is 9.84. The number of methoxy groups -OCH3 is 1. The number of fused-ring (bicyclic) bond motifs is 4. The SMILES string of the molecule is COc1ccc2c(c1)OCC2NC(=O)C1C2Oc3ccc(F)cc3C21. The van der Waals surface area contributed by atoms with Crippen LogP contribution in [0.3, 0.4) is 0 Å². The Morgan fingerprint density at radius 1 is 1.20 bits per heavy atom. The van der Waals surface area contributed by atoms with E-state index in [-0.39, 0.29) is 35.7 Å². The molecule has 0 saturated heterocycles. The van der Waals surface area contributed by atoms with Gasteiger partial charge in [0.2, 0.25) is 5.91 Å². The van der Waals surface area contributed by atoms with Gasteiger partial charge in [0.1, 0.15) is 35.8 Å². The summed E-state index contributed by atoms with van der Waals surface area (Å²) in [7, 11) is 1.60. The number of rotatable bonds is 3. The number of benzene rings is 2. The molecule has 0 spiro atoms. The Balaban J connectivity index is 1.31. The second-order valence-electron chi connectivity index (χ2n) is 6.59. The summed E-state index contributed by atoms with van der Waals surface area (Å²) >= 11 is 0. The van der Waals surface area contributed by atoms with Gasteiger partial charge in [0.25, 0.3) is 0 Å². The maximum absolute atomic E-state index is 13.5. The quantitative estimate of drug-likeness (QED) is 0.932. The third kappa shape index (κ3) is 2.17. The Kier molecular flexibility index (Phi) is 2.98. The van der Waals surface area contributed by atoms with Crippen LogP contribution in [-0.2, 0) is 4.79 Å². The van der Waals surface area contributed by atoms with Crippen molar-refractivity contribution in [2.75, 3.05) is 13.7 Å². The predicted octanol–water partition coefficient (Wildman–Crippen LogP) is 2.56. The molecule has 0 aromatic heterocycles. The van der Waals surface area contributed by atoms with Gasteiger partial charge in [-0.1, -0.05) is 0 Å². The van der Waals surface area contributed by atoms with Gasteiger partial charge in [-0.15, -0.1) is 0 Å². The van der Waals surface area contributed by atoms with E-state index in [0.717, 1.165) is 22.6 Å². The molecule has 5 rings (SSSR count). The van der Waals surface area contributed by atoms with Crippen LogP contribution in [0.2, 0.25) is 0 Å². The summed E-state index contributed by atoms with van der Waals surface area (Å²) in [4.78, 5) is 12.6. The summed E-state index contributed by atoms with van der Waals surface area (Å²) in [6.07, 6.45) is -0.186. The Morgan fingerprint density at radius 3 is 2.92 bits per heavy atom. The standard InChI is InChI=1S/C19H16FNO4/c1-23-10-3-4-11-13(8-24-15(11)7-10)21-19(22)17-16-12-6-9(20)2-5-14(12)25-18(16)17/h2-7,13,16-18H,8H2,1H3,(H,21,22). The van der Waals surface area contributed by atoms with Gasteiger partial charge in [-0.3, -0.25) is 4.79 Å². The van der Waals surface area contributed by atoms with E-state index in [0.29, 0.717) is 12.4 Å². The Labute approximate surface area is 143 Å². The number of halogens is 1. The van der Waals surface area contributed by atoms with Crippen molar-refractivity contribution >= 4 is 5.91 Å². The number of amides is 1. The minimum absolute atomic E-state index is 0.0524. The van der Waals surface area contributed by atoms with Crippen LogP contribution in [-0.4, -0.2) is 25.7 Å². The first kappa shape index (κ1) is 14.6. The van der Waals surface area contributed by atoms with Crippen LogP contribution in [0, 0.1) is 11.7 Å². The number of carbonyl (C=O) groups is 1. The highest BCUT2D eigenvalue weighted by atomic mass is 19.1. The van der Waals surface area contributed by atoms with Crippen LogP contribution in [0.5, 0.6) is 17.2 Å². The molecule has 0 radical (unpaired) electrons. The fourth-order valence-corrected chi connectivity index (χ4v) is 3.85. The Morgan fingerprint density at radius 2 is 2.08 bits per heavy atom. The van der Waals surface area contributed by atoms with Gasteiger partial charge in [0.05, 0.1) is 19.1 Å². The molecule has 2 heterocycles. The maximum Gasteiger partial charge on any atom is 0.228 e. The van der Waals surface area contributed by atoms with E-state index in [2.05, 4.69) is 5.32 Å². The predicted molar refractivity (Wildman–Crippen MR) is 86.4 cm³/mol. The van der Waals surface area contributed by atoms with Crippen molar-refractivity contribution in [2.24, 2.45) is 5.92 Å². The fourth-order valence-electron chi connectivity index (χ4n) is 3.85. The molecule has 1 amide bonds. The highest BCUT2D eigenvalue weighted by Crippen LogP contribution is 2.58. The van der Waals surface area contributed by atoms with E-state index in [1.807, 2.05) is 18.2 Å².